The van der Waals surface area contributed by atoms with Gasteiger partial charge in [-0.05, 0) is 38.3 Å². The smallest absolute Gasteiger partial charge is 0.257 e. The number of hydrogen-bond donors (Lipinski definition) is 2. The minimum absolute atomic E-state index is 0.00937. The zero-order valence-electron chi connectivity index (χ0n) is 15.8. The van der Waals surface area contributed by atoms with Crippen LogP contribution in [0.25, 0.3) is 0 Å². The van der Waals surface area contributed by atoms with Crippen LogP contribution in [0.2, 0.25) is 0 Å². The van der Waals surface area contributed by atoms with Crippen molar-refractivity contribution >= 4 is 28.2 Å². The first kappa shape index (κ1) is 18.6. The first-order chi connectivity index (χ1) is 12.4. The van der Waals surface area contributed by atoms with Crippen molar-refractivity contribution < 1.29 is 9.59 Å². The van der Waals surface area contributed by atoms with E-state index in [-0.39, 0.29) is 23.7 Å². The number of aryl methyl sites for hydroxylation is 1. The van der Waals surface area contributed by atoms with Crippen molar-refractivity contribution in [1.82, 2.24) is 15.1 Å². The third-order valence-electron chi connectivity index (χ3n) is 5.03. The van der Waals surface area contributed by atoms with Crippen molar-refractivity contribution in [3.05, 3.63) is 34.0 Å². The van der Waals surface area contributed by atoms with Gasteiger partial charge in [0.15, 0.2) is 0 Å². The second kappa shape index (κ2) is 7.61. The van der Waals surface area contributed by atoms with E-state index >= 15 is 0 Å². The van der Waals surface area contributed by atoms with Crippen LogP contribution in [0.1, 0.15) is 59.1 Å². The fourth-order valence-corrected chi connectivity index (χ4v) is 4.35. The van der Waals surface area contributed by atoms with Crippen molar-refractivity contribution in [2.75, 3.05) is 18.4 Å². The summed E-state index contributed by atoms with van der Waals surface area (Å²) in [6, 6.07) is 1.98. The molecule has 3 heterocycles. The van der Waals surface area contributed by atoms with Crippen LogP contribution in [-0.2, 0) is 4.79 Å². The molecule has 140 valence electrons. The molecule has 1 aliphatic rings. The fraction of sp³-hybridized carbons (Fsp3) is 0.526. The highest BCUT2D eigenvalue weighted by molar-refractivity contribution is 7.16. The van der Waals surface area contributed by atoms with Crippen LogP contribution in [0.3, 0.4) is 0 Å². The summed E-state index contributed by atoms with van der Waals surface area (Å²) in [5, 5.41) is 10.7. The standard InChI is InChI=1S/C19H26N4O2S/c1-11(2)17(24)21-18-16(12(3)13(4)26-18)19(25)23-9-5-6-14(10-23)15-7-8-20-22-15/h7-8,11,14H,5-6,9-10H2,1-4H3,(H,20,22)(H,21,24)/t14-/m0/s1. The summed E-state index contributed by atoms with van der Waals surface area (Å²) in [6.07, 6.45) is 3.76. The largest absolute Gasteiger partial charge is 0.338 e. The molecule has 1 saturated heterocycles. The molecule has 6 nitrogen and oxygen atoms in total. The molecule has 1 atom stereocenters. The third-order valence-corrected chi connectivity index (χ3v) is 6.15. The number of likely N-dealkylation sites (tertiary alicyclic amines) is 1. The van der Waals surface area contributed by atoms with Crippen LogP contribution in [0, 0.1) is 19.8 Å². The molecule has 3 rings (SSSR count). The summed E-state index contributed by atoms with van der Waals surface area (Å²) in [6.45, 7) is 9.07. The molecule has 0 aromatic carbocycles. The third kappa shape index (κ3) is 3.67. The average Bonchev–Trinajstić information content (AvgIpc) is 3.24. The molecule has 7 heteroatoms. The second-order valence-electron chi connectivity index (χ2n) is 7.23. The van der Waals surface area contributed by atoms with E-state index in [0.29, 0.717) is 17.1 Å². The molecule has 0 aliphatic carbocycles. The Hall–Kier alpha value is -2.15. The monoisotopic (exact) mass is 374 g/mol. The van der Waals surface area contributed by atoms with Gasteiger partial charge >= 0.3 is 0 Å². The van der Waals surface area contributed by atoms with Gasteiger partial charge in [-0.15, -0.1) is 11.3 Å². The van der Waals surface area contributed by atoms with E-state index < -0.39 is 0 Å². The van der Waals surface area contributed by atoms with Gasteiger partial charge in [-0.2, -0.15) is 5.10 Å². The summed E-state index contributed by atoms with van der Waals surface area (Å²) in [7, 11) is 0. The molecule has 1 fully saturated rings. The van der Waals surface area contributed by atoms with E-state index in [1.54, 1.807) is 6.20 Å². The number of piperidine rings is 1. The van der Waals surface area contributed by atoms with E-state index in [1.165, 1.54) is 11.3 Å². The second-order valence-corrected chi connectivity index (χ2v) is 8.46. The first-order valence-electron chi connectivity index (χ1n) is 9.07. The van der Waals surface area contributed by atoms with Gasteiger partial charge in [0.05, 0.1) is 5.56 Å². The summed E-state index contributed by atoms with van der Waals surface area (Å²) >= 11 is 1.48. The normalized spacial score (nSPS) is 17.6. The Bertz CT molecular complexity index is 795. The average molecular weight is 375 g/mol. The van der Waals surface area contributed by atoms with Crippen molar-refractivity contribution in [2.24, 2.45) is 5.92 Å². The minimum Gasteiger partial charge on any atom is -0.338 e. The molecule has 2 amide bonds. The van der Waals surface area contributed by atoms with E-state index in [2.05, 4.69) is 15.5 Å². The maximum absolute atomic E-state index is 13.3. The van der Waals surface area contributed by atoms with Crippen LogP contribution in [-0.4, -0.2) is 40.0 Å². The van der Waals surface area contributed by atoms with Gasteiger partial charge in [0.2, 0.25) is 5.91 Å². The molecule has 0 unspecified atom stereocenters. The molecule has 2 aromatic rings. The van der Waals surface area contributed by atoms with Crippen molar-refractivity contribution in [1.29, 1.82) is 0 Å². The zero-order valence-corrected chi connectivity index (χ0v) is 16.6. The maximum atomic E-state index is 13.3. The lowest BCUT2D eigenvalue weighted by atomic mass is 9.94. The number of carbonyl (C=O) groups is 2. The Morgan fingerprint density at radius 1 is 1.38 bits per heavy atom. The Kier molecular flexibility index (Phi) is 5.46. The topological polar surface area (TPSA) is 78.1 Å². The summed E-state index contributed by atoms with van der Waals surface area (Å²) in [5.74, 6) is 0.105. The molecule has 1 aliphatic heterocycles. The highest BCUT2D eigenvalue weighted by atomic mass is 32.1. The van der Waals surface area contributed by atoms with E-state index in [9.17, 15) is 9.59 Å². The molecule has 0 radical (unpaired) electrons. The van der Waals surface area contributed by atoms with Crippen molar-refractivity contribution in [2.45, 2.75) is 46.5 Å². The van der Waals surface area contributed by atoms with Gasteiger partial charge in [0.25, 0.3) is 5.91 Å². The van der Waals surface area contributed by atoms with Gasteiger partial charge in [-0.25, -0.2) is 0 Å². The Labute approximate surface area is 158 Å². The SMILES string of the molecule is Cc1sc(NC(=O)C(C)C)c(C(=O)N2CCC[C@H](c3ccn[nH]3)C2)c1C. The van der Waals surface area contributed by atoms with Crippen LogP contribution >= 0.6 is 11.3 Å². The van der Waals surface area contributed by atoms with Gasteiger partial charge in [-0.3, -0.25) is 14.7 Å². The summed E-state index contributed by atoms with van der Waals surface area (Å²) < 4.78 is 0. The van der Waals surface area contributed by atoms with Gasteiger partial charge in [0, 0.05) is 41.7 Å². The first-order valence-corrected chi connectivity index (χ1v) is 9.89. The molecule has 2 N–H and O–H groups in total. The lowest BCUT2D eigenvalue weighted by Crippen LogP contribution is -2.39. The molecule has 0 bridgehead atoms. The molecule has 0 saturated carbocycles. The van der Waals surface area contributed by atoms with E-state index in [0.717, 1.165) is 35.5 Å². The van der Waals surface area contributed by atoms with Crippen LogP contribution in [0.4, 0.5) is 5.00 Å². The van der Waals surface area contributed by atoms with E-state index in [1.807, 2.05) is 38.7 Å². The highest BCUT2D eigenvalue weighted by Crippen LogP contribution is 2.35. The predicted molar refractivity (Wildman–Crippen MR) is 104 cm³/mol. The number of thiophene rings is 1. The lowest BCUT2D eigenvalue weighted by molar-refractivity contribution is -0.118. The number of rotatable bonds is 4. The highest BCUT2D eigenvalue weighted by Gasteiger charge is 2.30. The van der Waals surface area contributed by atoms with E-state index in [4.69, 9.17) is 0 Å². The number of aromatic nitrogens is 2. The molecular formula is C19H26N4O2S. The molecule has 26 heavy (non-hydrogen) atoms. The zero-order chi connectivity index (χ0) is 18.8. The molecule has 2 aromatic heterocycles. The van der Waals surface area contributed by atoms with Crippen LogP contribution < -0.4 is 5.32 Å². The van der Waals surface area contributed by atoms with Gasteiger partial charge in [-0.1, -0.05) is 13.8 Å². The number of nitrogens with zero attached hydrogens (tertiary/aromatic N) is 2. The lowest BCUT2D eigenvalue weighted by Gasteiger charge is -2.32. The summed E-state index contributed by atoms with van der Waals surface area (Å²) in [5.41, 5.74) is 2.68. The van der Waals surface area contributed by atoms with Gasteiger partial charge in [0.1, 0.15) is 5.00 Å². The number of carbonyl (C=O) groups excluding carboxylic acids is 2. The predicted octanol–water partition coefficient (Wildman–Crippen LogP) is 3.70. The van der Waals surface area contributed by atoms with Gasteiger partial charge < -0.3 is 10.2 Å². The van der Waals surface area contributed by atoms with Crippen LogP contribution in [0.5, 0.6) is 0 Å². The van der Waals surface area contributed by atoms with Crippen molar-refractivity contribution in [3.8, 4) is 0 Å². The number of H-pyrrole nitrogens is 1. The molecule has 0 spiro atoms. The number of nitrogens with one attached hydrogen (secondary N) is 2. The number of anilines is 1. The Morgan fingerprint density at radius 3 is 2.81 bits per heavy atom. The quantitative estimate of drug-likeness (QED) is 0.856. The number of amides is 2. The molecular weight excluding hydrogens is 348 g/mol. The summed E-state index contributed by atoms with van der Waals surface area (Å²) in [4.78, 5) is 28.4. The maximum Gasteiger partial charge on any atom is 0.257 e. The van der Waals surface area contributed by atoms with Crippen LogP contribution in [0.15, 0.2) is 12.3 Å². The Balaban J connectivity index is 1.83. The fourth-order valence-electron chi connectivity index (χ4n) is 3.30. The number of hydrogen-bond acceptors (Lipinski definition) is 4. The van der Waals surface area contributed by atoms with Crippen molar-refractivity contribution in [3.63, 3.8) is 0 Å². The Morgan fingerprint density at radius 2 is 2.15 bits per heavy atom. The minimum atomic E-state index is -0.125. The number of aromatic amines is 1.